The Morgan fingerprint density at radius 1 is 0.596 bits per heavy atom. The van der Waals surface area contributed by atoms with Gasteiger partial charge in [-0.2, -0.15) is 36.3 Å². The van der Waals surface area contributed by atoms with Gasteiger partial charge in [-0.1, -0.05) is 88.6 Å². The maximum absolute atomic E-state index is 14.4. The Kier molecular flexibility index (Phi) is 22.6. The Balaban J connectivity index is 0.000000201. The van der Waals surface area contributed by atoms with Crippen molar-refractivity contribution in [3.63, 3.8) is 0 Å². The summed E-state index contributed by atoms with van der Waals surface area (Å²) < 4.78 is 152. The molecule has 6 fully saturated rings. The van der Waals surface area contributed by atoms with Crippen LogP contribution in [0.3, 0.4) is 0 Å². The molecule has 4 aliphatic heterocycles. The van der Waals surface area contributed by atoms with Crippen LogP contribution in [0.1, 0.15) is 206 Å². The standard InChI is InChI=1S/C38H46F3N5O6S2.C37H45F3N6O6S2.CH4/c1-22(2)46-28-14-10-13-26(27-21-53-34(42-27)38(39,40)41)31(28)43-35(46)52-25-17-29-30(47)19-37(33(49)44-54(50,51)36(4)15-16-36)18-24(37)12-9-7-5-6-8-11-23(3)32(48)45(29)20-25;1-21(2)46-27-13-9-11-24(26-20-53-33(42-26)37(38,39)40)30(27)43-34(46)52-23-16-28-29(47)18-36(32(49)44-54(50,51)35(3)14-15-35)17-22(36)10-7-5-4-6-8-12-25(41)31(48)45(28)19-23;/h9-10,12-14,21-25,29H,5-8,11,15-20H2,1-4H3,(H,44,49);7,9-11,13,20-23,25,28H,4-6,8,12,14-19,41H2,1-3H3,(H,44,49);1H4/b12-9-;10-7-;/t23-,24+,25+,29-,37+;22-,23-,25+,28+,36-;/m01./s1. The largest absolute Gasteiger partial charge is 0.459 e. The quantitative estimate of drug-likeness (QED) is 0.0674. The van der Waals surface area contributed by atoms with Crippen molar-refractivity contribution in [2.45, 2.75) is 249 Å². The van der Waals surface area contributed by atoms with Gasteiger partial charge in [0, 0.05) is 65.6 Å². The molecule has 109 heavy (non-hydrogen) atoms. The number of ketones is 2. The van der Waals surface area contributed by atoms with Crippen molar-refractivity contribution in [2.24, 2.45) is 34.3 Å². The molecule has 592 valence electrons. The van der Waals surface area contributed by atoms with Gasteiger partial charge in [-0.05, 0) is 143 Å². The molecule has 4 saturated carbocycles. The van der Waals surface area contributed by atoms with E-state index in [1.807, 2.05) is 68.1 Å². The highest BCUT2D eigenvalue weighted by Gasteiger charge is 2.65. The molecular weight excluding hydrogens is 1500 g/mol. The first-order valence-electron chi connectivity index (χ1n) is 37.2. The van der Waals surface area contributed by atoms with Crippen LogP contribution in [0.25, 0.3) is 44.6 Å². The highest BCUT2D eigenvalue weighted by molar-refractivity contribution is 7.92. The van der Waals surface area contributed by atoms with Crippen molar-refractivity contribution < 1.29 is 81.4 Å². The van der Waals surface area contributed by atoms with Gasteiger partial charge in [-0.3, -0.25) is 47.3 Å². The number of nitrogens with zero attached hydrogens (tertiary/aromatic N) is 8. The number of imidazole rings is 2. The van der Waals surface area contributed by atoms with E-state index in [4.69, 9.17) is 25.2 Å². The van der Waals surface area contributed by atoms with Crippen LogP contribution in [0.2, 0.25) is 0 Å². The number of ether oxygens (including phenoxy) is 2. The predicted octanol–water partition coefficient (Wildman–Crippen LogP) is 13.8. The van der Waals surface area contributed by atoms with Gasteiger partial charge in [0.15, 0.2) is 21.6 Å². The molecule has 4 aliphatic carbocycles. The maximum Gasteiger partial charge on any atom is 0.443 e. The van der Waals surface area contributed by atoms with E-state index in [1.54, 1.807) is 55.1 Å². The number of carbonyl (C=O) groups is 6. The normalized spacial score (nSPS) is 28.0. The number of nitrogens with one attached hydrogen (secondary N) is 2. The van der Waals surface area contributed by atoms with Crippen molar-refractivity contribution in [3.8, 4) is 34.5 Å². The van der Waals surface area contributed by atoms with Crippen molar-refractivity contribution in [3.05, 3.63) is 81.5 Å². The molecule has 10 atom stereocenters. The second-order valence-corrected chi connectivity index (χ2v) is 37.8. The molecule has 4 aromatic heterocycles. The fourth-order valence-electron chi connectivity index (χ4n) is 15.6. The summed E-state index contributed by atoms with van der Waals surface area (Å²) in [5.74, 6) is -3.71. The molecule has 0 bridgehead atoms. The average Bonchev–Trinajstić information content (AvgIpc) is 1.57. The van der Waals surface area contributed by atoms with Gasteiger partial charge >= 0.3 is 12.4 Å². The number of hydrogen-bond donors (Lipinski definition) is 3. The molecular formula is C76H95F6N11O12S4. The van der Waals surface area contributed by atoms with Crippen LogP contribution < -0.4 is 24.7 Å². The molecule has 2 aromatic carbocycles. The van der Waals surface area contributed by atoms with Crippen molar-refractivity contribution in [1.29, 1.82) is 0 Å². The lowest BCUT2D eigenvalue weighted by Crippen LogP contribution is -2.50. The minimum atomic E-state index is -4.59. The first-order valence-corrected chi connectivity index (χ1v) is 41.9. The number of Topliss-reactive ketones (excluding diaryl/α,β-unsaturated/α-hetero) is 2. The Morgan fingerprint density at radius 3 is 1.39 bits per heavy atom. The maximum atomic E-state index is 14.4. The van der Waals surface area contributed by atoms with Crippen molar-refractivity contribution in [2.75, 3.05) is 13.1 Å². The molecule has 0 radical (unpaired) electrons. The molecule has 6 aromatic rings. The Bertz CT molecular complexity index is 4510. The zero-order valence-electron chi connectivity index (χ0n) is 61.2. The molecule has 0 spiro atoms. The summed E-state index contributed by atoms with van der Waals surface area (Å²) in [4.78, 5) is 104. The number of hydrogen-bond acceptors (Lipinski definition) is 19. The fraction of sp³-hybridized carbons (Fsp3) is 0.605. The number of nitrogens with two attached hydrogens (primary N) is 1. The lowest BCUT2D eigenvalue weighted by molar-refractivity contribution is -0.141. The zero-order valence-corrected chi connectivity index (χ0v) is 64.5. The number of alkyl halides is 6. The van der Waals surface area contributed by atoms with Crippen molar-refractivity contribution >= 4 is 100.0 Å². The molecule has 8 heterocycles. The highest BCUT2D eigenvalue weighted by Crippen LogP contribution is 2.59. The number of fused-ring (bicyclic) bond motifs is 6. The lowest BCUT2D eigenvalue weighted by Gasteiger charge is -2.28. The van der Waals surface area contributed by atoms with E-state index < -0.39 is 111 Å². The van der Waals surface area contributed by atoms with Crippen LogP contribution in [0.15, 0.2) is 71.5 Å². The molecule has 14 rings (SSSR count). The van der Waals surface area contributed by atoms with E-state index in [0.29, 0.717) is 114 Å². The lowest BCUT2D eigenvalue weighted by atomic mass is 9.91. The van der Waals surface area contributed by atoms with Crippen LogP contribution in [0.4, 0.5) is 26.3 Å². The van der Waals surface area contributed by atoms with Gasteiger partial charge in [0.05, 0.1) is 74.0 Å². The molecule has 23 nitrogen and oxygen atoms in total. The van der Waals surface area contributed by atoms with Gasteiger partial charge in [0.1, 0.15) is 23.2 Å². The minimum Gasteiger partial charge on any atom is -0.459 e. The summed E-state index contributed by atoms with van der Waals surface area (Å²) in [7, 11) is -7.89. The predicted molar refractivity (Wildman–Crippen MR) is 400 cm³/mol. The number of amides is 4. The van der Waals surface area contributed by atoms with E-state index in [9.17, 15) is 71.9 Å². The highest BCUT2D eigenvalue weighted by atomic mass is 32.2. The fourth-order valence-corrected chi connectivity index (χ4v) is 19.7. The number of benzene rings is 2. The SMILES string of the molecule is C.CC(C)n1c(O[C@@H]2C[C@H]3C(=O)C[C@]4(C(=O)NS(=O)(=O)C5(C)CC5)C[C@H]4/C=C\CCCCC[C@H](C)C(=O)N3C2)nc2c(-c3csc(C(F)(F)F)n3)cccc21.CC(C)n1c(O[C@@H]2C[C@H]3C(=O)C[C@]4(C(=O)NS(=O)(=O)C5(C)CC5)C[C@H]4/C=C\CCCCC[C@H](N)C(=O)N3C2)nc2c(-c3csc(C(F)(F)F)n3)cccc21. The summed E-state index contributed by atoms with van der Waals surface area (Å²) >= 11 is 1.01. The average molecular weight is 1600 g/mol. The van der Waals surface area contributed by atoms with E-state index in [0.717, 1.165) is 44.9 Å². The Morgan fingerprint density at radius 2 is 1.00 bits per heavy atom. The summed E-state index contributed by atoms with van der Waals surface area (Å²) in [6.07, 6.45) is 7.07. The van der Waals surface area contributed by atoms with E-state index in [2.05, 4.69) is 19.4 Å². The number of halogens is 6. The molecule has 8 aliphatic rings. The van der Waals surface area contributed by atoms with E-state index in [-0.39, 0.29) is 117 Å². The van der Waals surface area contributed by atoms with Crippen LogP contribution in [0, 0.1) is 28.6 Å². The monoisotopic (exact) mass is 1600 g/mol. The first kappa shape index (κ1) is 80.9. The van der Waals surface area contributed by atoms with Gasteiger partial charge in [-0.15, -0.1) is 22.7 Å². The topological polar surface area (TPSA) is 307 Å². The number of sulfonamides is 2. The second kappa shape index (κ2) is 30.5. The number of carbonyl (C=O) groups excluding carboxylic acids is 6. The molecule has 4 amide bonds. The smallest absolute Gasteiger partial charge is 0.443 e. The van der Waals surface area contributed by atoms with E-state index >= 15 is 0 Å². The third kappa shape index (κ3) is 16.3. The molecule has 4 N–H and O–H groups in total. The van der Waals surface area contributed by atoms with Gasteiger partial charge < -0.3 is 25.0 Å². The van der Waals surface area contributed by atoms with Crippen molar-refractivity contribution in [1.82, 2.24) is 48.3 Å². The van der Waals surface area contributed by atoms with Crippen LogP contribution in [-0.2, 0) is 61.2 Å². The zero-order chi connectivity index (χ0) is 77.6. The number of aromatic nitrogens is 6. The summed E-state index contributed by atoms with van der Waals surface area (Å²) in [5, 5.41) is 0.757. The summed E-state index contributed by atoms with van der Waals surface area (Å²) in [5.41, 5.74) is 7.01. The van der Waals surface area contributed by atoms with Gasteiger partial charge in [0.25, 0.3) is 12.0 Å². The number of rotatable bonds is 14. The Hall–Kier alpha value is -7.62. The third-order valence-electron chi connectivity index (χ3n) is 23.0. The summed E-state index contributed by atoms with van der Waals surface area (Å²) in [6, 6.07) is 7.55. The Labute approximate surface area is 638 Å². The minimum absolute atomic E-state index is 0. The van der Waals surface area contributed by atoms with Crippen LogP contribution >= 0.6 is 22.7 Å². The number of thiazole rings is 2. The molecule has 0 unspecified atom stereocenters. The van der Waals surface area contributed by atoms with Gasteiger partial charge in [0.2, 0.25) is 43.7 Å². The summed E-state index contributed by atoms with van der Waals surface area (Å²) in [6.45, 7) is 12.8. The van der Waals surface area contributed by atoms with Gasteiger partial charge in [-0.25, -0.2) is 26.8 Å². The number of allylic oxidation sites excluding steroid dienone is 4. The van der Waals surface area contributed by atoms with Crippen LogP contribution in [0.5, 0.6) is 12.0 Å². The second-order valence-electron chi connectivity index (χ2n) is 31.7. The van der Waals surface area contributed by atoms with E-state index in [1.165, 1.54) is 15.7 Å². The first-order chi connectivity index (χ1) is 50.9. The molecule has 33 heteroatoms. The third-order valence-corrected chi connectivity index (χ3v) is 29.1. The number of para-hydroxylation sites is 2. The van der Waals surface area contributed by atoms with Crippen LogP contribution in [-0.4, -0.2) is 144 Å². The molecule has 2 saturated heterocycles.